The van der Waals surface area contributed by atoms with Crippen molar-refractivity contribution in [1.82, 2.24) is 5.32 Å². The lowest BCUT2D eigenvalue weighted by Crippen LogP contribution is -2.05. The maximum atomic E-state index is 10.1. The molecule has 100 valence electrons. The van der Waals surface area contributed by atoms with E-state index in [4.69, 9.17) is 0 Å². The predicted molar refractivity (Wildman–Crippen MR) is 88.9 cm³/mol. The number of phenolic OH excluding ortho intramolecular Hbond substituents is 1. The molecule has 0 saturated carbocycles. The maximum Gasteiger partial charge on any atom is 0.129 e. The van der Waals surface area contributed by atoms with Crippen molar-refractivity contribution in [3.05, 3.63) is 51.1 Å². The first kappa shape index (κ1) is 14.7. The molecule has 2 aromatic rings. The van der Waals surface area contributed by atoms with Crippen molar-refractivity contribution in [2.45, 2.75) is 23.3 Å². The standard InChI is InChI=1S/C15H16INOS/c1-10-7-13(18)15(8-12(10)16)19-14-6-4-3-5-11(14)9-17-2/h3-8,17-18H,9H2,1-2H3. The number of benzene rings is 2. The first-order valence-electron chi connectivity index (χ1n) is 6.01. The molecule has 2 N–H and O–H groups in total. The highest BCUT2D eigenvalue weighted by atomic mass is 127. The summed E-state index contributed by atoms with van der Waals surface area (Å²) >= 11 is 3.91. The summed E-state index contributed by atoms with van der Waals surface area (Å²) < 4.78 is 1.17. The van der Waals surface area contributed by atoms with Gasteiger partial charge in [-0.05, 0) is 65.9 Å². The molecule has 0 aliphatic heterocycles. The van der Waals surface area contributed by atoms with E-state index < -0.39 is 0 Å². The number of hydrogen-bond acceptors (Lipinski definition) is 3. The van der Waals surface area contributed by atoms with Gasteiger partial charge in [0, 0.05) is 15.0 Å². The molecule has 0 radical (unpaired) electrons. The van der Waals surface area contributed by atoms with Crippen molar-refractivity contribution < 1.29 is 5.11 Å². The summed E-state index contributed by atoms with van der Waals surface area (Å²) in [6.45, 7) is 2.83. The third-order valence-electron chi connectivity index (χ3n) is 2.80. The second-order valence-electron chi connectivity index (χ2n) is 4.31. The molecule has 0 saturated heterocycles. The second-order valence-corrected chi connectivity index (χ2v) is 6.56. The molecular formula is C15H16INOS. The molecule has 2 aromatic carbocycles. The zero-order valence-corrected chi connectivity index (χ0v) is 13.9. The molecule has 0 fully saturated rings. The molecule has 0 bridgehead atoms. The van der Waals surface area contributed by atoms with Gasteiger partial charge in [-0.2, -0.15) is 0 Å². The van der Waals surface area contributed by atoms with Crippen molar-refractivity contribution in [3.8, 4) is 5.75 Å². The van der Waals surface area contributed by atoms with E-state index >= 15 is 0 Å². The van der Waals surface area contributed by atoms with Gasteiger partial charge in [-0.15, -0.1) is 0 Å². The van der Waals surface area contributed by atoms with Gasteiger partial charge in [-0.3, -0.25) is 0 Å². The minimum atomic E-state index is 0.349. The zero-order chi connectivity index (χ0) is 13.8. The van der Waals surface area contributed by atoms with Crippen LogP contribution in [0.2, 0.25) is 0 Å². The quantitative estimate of drug-likeness (QED) is 0.775. The Hall–Kier alpha value is -0.720. The van der Waals surface area contributed by atoms with Crippen LogP contribution in [-0.2, 0) is 6.54 Å². The van der Waals surface area contributed by atoms with Crippen molar-refractivity contribution in [3.63, 3.8) is 0 Å². The molecule has 0 atom stereocenters. The van der Waals surface area contributed by atoms with E-state index in [0.29, 0.717) is 5.75 Å². The van der Waals surface area contributed by atoms with Gasteiger partial charge in [0.25, 0.3) is 0 Å². The van der Waals surface area contributed by atoms with Gasteiger partial charge in [0.2, 0.25) is 0 Å². The first-order chi connectivity index (χ1) is 9.11. The van der Waals surface area contributed by atoms with E-state index in [2.05, 4.69) is 40.0 Å². The van der Waals surface area contributed by atoms with Crippen molar-refractivity contribution in [1.29, 1.82) is 0 Å². The lowest BCUT2D eigenvalue weighted by Gasteiger charge is -2.11. The lowest BCUT2D eigenvalue weighted by molar-refractivity contribution is 0.461. The highest BCUT2D eigenvalue weighted by Gasteiger charge is 2.09. The molecule has 0 aromatic heterocycles. The van der Waals surface area contributed by atoms with Crippen LogP contribution < -0.4 is 5.32 Å². The minimum Gasteiger partial charge on any atom is -0.507 e. The summed E-state index contributed by atoms with van der Waals surface area (Å²) in [4.78, 5) is 2.07. The summed E-state index contributed by atoms with van der Waals surface area (Å²) in [5.41, 5.74) is 2.34. The van der Waals surface area contributed by atoms with E-state index in [9.17, 15) is 5.11 Å². The van der Waals surface area contributed by atoms with E-state index in [1.54, 1.807) is 11.8 Å². The molecule has 0 aliphatic rings. The van der Waals surface area contributed by atoms with E-state index in [1.807, 2.05) is 38.2 Å². The number of nitrogens with one attached hydrogen (secondary N) is 1. The minimum absolute atomic E-state index is 0.349. The number of rotatable bonds is 4. The Bertz CT molecular complexity index is 586. The maximum absolute atomic E-state index is 10.1. The molecule has 0 unspecified atom stereocenters. The van der Waals surface area contributed by atoms with Crippen LogP contribution >= 0.6 is 34.4 Å². The average Bonchev–Trinajstić information content (AvgIpc) is 2.38. The highest BCUT2D eigenvalue weighted by Crippen LogP contribution is 2.37. The van der Waals surface area contributed by atoms with Gasteiger partial charge in [0.05, 0.1) is 4.90 Å². The Morgan fingerprint density at radius 3 is 2.68 bits per heavy atom. The number of phenols is 1. The van der Waals surface area contributed by atoms with Crippen LogP contribution in [0, 0.1) is 10.5 Å². The molecule has 19 heavy (non-hydrogen) atoms. The van der Waals surface area contributed by atoms with Gasteiger partial charge in [-0.1, -0.05) is 30.0 Å². The number of halogens is 1. The summed E-state index contributed by atoms with van der Waals surface area (Å²) in [6.07, 6.45) is 0. The van der Waals surface area contributed by atoms with Crippen LogP contribution in [0.4, 0.5) is 0 Å². The second kappa shape index (κ2) is 6.63. The van der Waals surface area contributed by atoms with Crippen molar-refractivity contribution in [2.75, 3.05) is 7.05 Å². The summed E-state index contributed by atoms with van der Waals surface area (Å²) in [5.74, 6) is 0.349. The van der Waals surface area contributed by atoms with Gasteiger partial charge in [0.1, 0.15) is 5.75 Å². The van der Waals surface area contributed by atoms with Crippen molar-refractivity contribution in [2.24, 2.45) is 0 Å². The molecule has 0 aliphatic carbocycles. The van der Waals surface area contributed by atoms with Gasteiger partial charge in [-0.25, -0.2) is 0 Å². The molecule has 0 amide bonds. The van der Waals surface area contributed by atoms with Crippen LogP contribution in [0.15, 0.2) is 46.2 Å². The topological polar surface area (TPSA) is 32.3 Å². The molecule has 0 spiro atoms. The fraction of sp³-hybridized carbons (Fsp3) is 0.200. The lowest BCUT2D eigenvalue weighted by atomic mass is 10.2. The molecule has 0 heterocycles. The molecule has 2 nitrogen and oxygen atoms in total. The molecule has 4 heteroatoms. The zero-order valence-electron chi connectivity index (χ0n) is 10.9. The largest absolute Gasteiger partial charge is 0.507 e. The number of hydrogen-bond donors (Lipinski definition) is 2. The van der Waals surface area contributed by atoms with Gasteiger partial charge < -0.3 is 10.4 Å². The van der Waals surface area contributed by atoms with Crippen LogP contribution in [-0.4, -0.2) is 12.2 Å². The Labute approximate surface area is 131 Å². The Morgan fingerprint density at radius 2 is 1.95 bits per heavy atom. The first-order valence-corrected chi connectivity index (χ1v) is 7.91. The summed E-state index contributed by atoms with van der Waals surface area (Å²) in [6, 6.07) is 12.1. The average molecular weight is 385 g/mol. The fourth-order valence-corrected chi connectivity index (χ4v) is 3.46. The molecular weight excluding hydrogens is 369 g/mol. The number of aromatic hydroxyl groups is 1. The van der Waals surface area contributed by atoms with Crippen LogP contribution in [0.5, 0.6) is 5.75 Å². The van der Waals surface area contributed by atoms with E-state index in [-0.39, 0.29) is 0 Å². The Kier molecular flexibility index (Phi) is 5.13. The molecule has 2 rings (SSSR count). The monoisotopic (exact) mass is 385 g/mol. The van der Waals surface area contributed by atoms with Crippen molar-refractivity contribution >= 4 is 34.4 Å². The van der Waals surface area contributed by atoms with E-state index in [0.717, 1.165) is 17.0 Å². The van der Waals surface area contributed by atoms with E-state index in [1.165, 1.54) is 14.0 Å². The number of aryl methyl sites for hydroxylation is 1. The summed E-state index contributed by atoms with van der Waals surface area (Å²) in [5, 5.41) is 13.2. The SMILES string of the molecule is CNCc1ccccc1Sc1cc(I)c(C)cc1O. The fourth-order valence-electron chi connectivity index (χ4n) is 1.79. The smallest absolute Gasteiger partial charge is 0.129 e. The third-order valence-corrected chi connectivity index (χ3v) is 5.13. The van der Waals surface area contributed by atoms with Gasteiger partial charge >= 0.3 is 0 Å². The predicted octanol–water partition coefficient (Wildman–Crippen LogP) is 4.18. The Morgan fingerprint density at radius 1 is 1.21 bits per heavy atom. The van der Waals surface area contributed by atoms with Crippen LogP contribution in [0.1, 0.15) is 11.1 Å². The Balaban J connectivity index is 2.33. The summed E-state index contributed by atoms with van der Waals surface area (Å²) in [7, 11) is 1.94. The normalized spacial score (nSPS) is 10.7. The van der Waals surface area contributed by atoms with Crippen LogP contribution in [0.3, 0.4) is 0 Å². The van der Waals surface area contributed by atoms with Crippen LogP contribution in [0.25, 0.3) is 0 Å². The highest BCUT2D eigenvalue weighted by molar-refractivity contribution is 14.1. The third kappa shape index (κ3) is 3.64. The van der Waals surface area contributed by atoms with Gasteiger partial charge in [0.15, 0.2) is 0 Å².